The van der Waals surface area contributed by atoms with E-state index in [9.17, 15) is 27.5 Å². The molecule has 0 aromatic heterocycles. The molecule has 1 aliphatic heterocycles. The number of alkyl halides is 3. The number of nitriles is 1. The van der Waals surface area contributed by atoms with E-state index in [1.165, 1.54) is 31.2 Å². The molecule has 1 fully saturated rings. The third kappa shape index (κ3) is 5.56. The van der Waals surface area contributed by atoms with Crippen LogP contribution < -0.4 is 5.32 Å². The van der Waals surface area contributed by atoms with Crippen molar-refractivity contribution >= 4 is 11.6 Å². The maximum Gasteiger partial charge on any atom is 0.417 e. The van der Waals surface area contributed by atoms with Crippen molar-refractivity contribution in [3.05, 3.63) is 89.2 Å². The van der Waals surface area contributed by atoms with Gasteiger partial charge in [0.25, 0.3) is 5.91 Å². The number of carbonyl (C=O) groups excluding carboxylic acids is 1. The Hall–Kier alpha value is -3.74. The van der Waals surface area contributed by atoms with Crippen molar-refractivity contribution < 1.29 is 27.5 Å². The fourth-order valence-corrected chi connectivity index (χ4v) is 4.25. The number of hydrogen-bond donors (Lipinski definition) is 2. The second-order valence-corrected chi connectivity index (χ2v) is 9.12. The van der Waals surface area contributed by atoms with Crippen LogP contribution in [0.2, 0.25) is 0 Å². The number of benzene rings is 3. The molecule has 4 rings (SSSR count). The van der Waals surface area contributed by atoms with Crippen LogP contribution in [0.1, 0.15) is 29.5 Å². The van der Waals surface area contributed by atoms with Gasteiger partial charge in [0.2, 0.25) is 0 Å². The lowest BCUT2D eigenvalue weighted by atomic mass is 9.89. The lowest BCUT2D eigenvalue weighted by Crippen LogP contribution is -2.55. The van der Waals surface area contributed by atoms with Gasteiger partial charge in [-0.3, -0.25) is 9.69 Å². The van der Waals surface area contributed by atoms with Gasteiger partial charge < -0.3 is 10.4 Å². The first-order valence-corrected chi connectivity index (χ1v) is 11.2. The highest BCUT2D eigenvalue weighted by molar-refractivity contribution is 5.97. The first-order valence-electron chi connectivity index (χ1n) is 11.2. The molecule has 1 aliphatic rings. The van der Waals surface area contributed by atoms with Crippen LogP contribution in [-0.4, -0.2) is 41.1 Å². The maximum absolute atomic E-state index is 13.5. The molecule has 0 radical (unpaired) electrons. The van der Waals surface area contributed by atoms with Crippen molar-refractivity contribution in [3.8, 4) is 17.2 Å². The highest BCUT2D eigenvalue weighted by atomic mass is 19.4. The molecular weight excluding hydrogens is 474 g/mol. The van der Waals surface area contributed by atoms with E-state index in [0.717, 1.165) is 22.8 Å². The average Bonchev–Trinajstić information content (AvgIpc) is 2.80. The molecule has 9 heteroatoms. The molecule has 3 aromatic carbocycles. The largest absolute Gasteiger partial charge is 0.417 e. The van der Waals surface area contributed by atoms with E-state index in [2.05, 4.69) is 5.32 Å². The number of amides is 1. The van der Waals surface area contributed by atoms with E-state index >= 15 is 0 Å². The second-order valence-electron chi connectivity index (χ2n) is 9.12. The Labute approximate surface area is 205 Å². The maximum atomic E-state index is 13.5. The Morgan fingerprint density at radius 2 is 1.78 bits per heavy atom. The molecule has 2 N–H and O–H groups in total. The molecule has 3 aromatic rings. The molecule has 1 saturated heterocycles. The van der Waals surface area contributed by atoms with E-state index in [0.29, 0.717) is 19.2 Å². The van der Waals surface area contributed by atoms with Gasteiger partial charge in [0.15, 0.2) is 5.60 Å². The summed E-state index contributed by atoms with van der Waals surface area (Å²) in [6, 6.07) is 18.4. The lowest BCUT2D eigenvalue weighted by Gasteiger charge is -2.42. The SMILES string of the molecule is CC(O)(CN1CC(c2ccc(-c3cccc(F)c3)cc2)C1)C(=O)Nc1ccc(C#N)c(C(F)(F)F)c1. The fourth-order valence-electron chi connectivity index (χ4n) is 4.25. The predicted molar refractivity (Wildman–Crippen MR) is 126 cm³/mol. The first-order chi connectivity index (χ1) is 17.0. The summed E-state index contributed by atoms with van der Waals surface area (Å²) in [7, 11) is 0. The van der Waals surface area contributed by atoms with Crippen molar-refractivity contribution in [2.45, 2.75) is 24.6 Å². The molecule has 0 aliphatic carbocycles. The number of rotatable bonds is 6. The molecule has 36 heavy (non-hydrogen) atoms. The van der Waals surface area contributed by atoms with Gasteiger partial charge in [-0.25, -0.2) is 4.39 Å². The smallest absolute Gasteiger partial charge is 0.379 e. The van der Waals surface area contributed by atoms with E-state index in [4.69, 9.17) is 5.26 Å². The quantitative estimate of drug-likeness (QED) is 0.461. The van der Waals surface area contributed by atoms with E-state index in [-0.39, 0.29) is 24.0 Å². The van der Waals surface area contributed by atoms with Crippen LogP contribution in [0.5, 0.6) is 0 Å². The molecule has 1 atom stereocenters. The minimum atomic E-state index is -4.75. The van der Waals surface area contributed by atoms with Crippen LogP contribution in [0, 0.1) is 17.1 Å². The van der Waals surface area contributed by atoms with Crippen LogP contribution in [-0.2, 0) is 11.0 Å². The van der Waals surface area contributed by atoms with Crippen LogP contribution in [0.4, 0.5) is 23.2 Å². The summed E-state index contributed by atoms with van der Waals surface area (Å²) in [5.74, 6) is -0.955. The summed E-state index contributed by atoms with van der Waals surface area (Å²) in [6.45, 7) is 2.49. The summed E-state index contributed by atoms with van der Waals surface area (Å²) in [5.41, 5.74) is -0.967. The third-order valence-corrected chi connectivity index (χ3v) is 6.22. The number of aliphatic hydroxyl groups is 1. The number of anilines is 1. The normalized spacial score (nSPS) is 16.0. The van der Waals surface area contributed by atoms with Gasteiger partial charge in [0, 0.05) is 31.2 Å². The van der Waals surface area contributed by atoms with Crippen molar-refractivity contribution in [2.75, 3.05) is 25.0 Å². The van der Waals surface area contributed by atoms with Crippen LogP contribution in [0.25, 0.3) is 11.1 Å². The van der Waals surface area contributed by atoms with E-state index in [1.807, 2.05) is 35.2 Å². The van der Waals surface area contributed by atoms with Gasteiger partial charge in [-0.1, -0.05) is 36.4 Å². The summed E-state index contributed by atoms with van der Waals surface area (Å²) in [5, 5.41) is 21.9. The molecule has 1 amide bonds. The minimum Gasteiger partial charge on any atom is -0.379 e. The monoisotopic (exact) mass is 497 g/mol. The van der Waals surface area contributed by atoms with Crippen molar-refractivity contribution in [3.63, 3.8) is 0 Å². The highest BCUT2D eigenvalue weighted by Gasteiger charge is 2.38. The van der Waals surface area contributed by atoms with Crippen molar-refractivity contribution in [1.82, 2.24) is 4.90 Å². The van der Waals surface area contributed by atoms with E-state index < -0.39 is 28.8 Å². The van der Waals surface area contributed by atoms with Gasteiger partial charge in [-0.2, -0.15) is 18.4 Å². The molecule has 1 unspecified atom stereocenters. The highest BCUT2D eigenvalue weighted by Crippen LogP contribution is 2.34. The second kappa shape index (κ2) is 9.72. The van der Waals surface area contributed by atoms with Gasteiger partial charge in [0.1, 0.15) is 5.82 Å². The van der Waals surface area contributed by atoms with Gasteiger partial charge in [0.05, 0.1) is 17.2 Å². The van der Waals surface area contributed by atoms with Crippen LogP contribution in [0.15, 0.2) is 66.7 Å². The molecule has 0 saturated carbocycles. The minimum absolute atomic E-state index is 0.000877. The molecule has 0 spiro atoms. The molecule has 5 nitrogen and oxygen atoms in total. The molecule has 1 heterocycles. The van der Waals surface area contributed by atoms with Gasteiger partial charge in [-0.05, 0) is 53.9 Å². The van der Waals surface area contributed by atoms with Crippen molar-refractivity contribution in [1.29, 1.82) is 5.26 Å². The zero-order valence-corrected chi connectivity index (χ0v) is 19.3. The topological polar surface area (TPSA) is 76.4 Å². The summed E-state index contributed by atoms with van der Waals surface area (Å²) >= 11 is 0. The summed E-state index contributed by atoms with van der Waals surface area (Å²) in [6.07, 6.45) is -4.75. The number of likely N-dealkylation sites (tertiary alicyclic amines) is 1. The van der Waals surface area contributed by atoms with Crippen LogP contribution >= 0.6 is 0 Å². The number of hydrogen-bond acceptors (Lipinski definition) is 4. The Balaban J connectivity index is 1.34. The molecule has 0 bridgehead atoms. The lowest BCUT2D eigenvalue weighted by molar-refractivity contribution is -0.138. The number of nitrogens with one attached hydrogen (secondary N) is 1. The van der Waals surface area contributed by atoms with Crippen LogP contribution in [0.3, 0.4) is 0 Å². The summed E-state index contributed by atoms with van der Waals surface area (Å²) < 4.78 is 53.0. The van der Waals surface area contributed by atoms with E-state index in [1.54, 1.807) is 6.07 Å². The third-order valence-electron chi connectivity index (χ3n) is 6.22. The Morgan fingerprint density at radius 1 is 1.08 bits per heavy atom. The zero-order valence-electron chi connectivity index (χ0n) is 19.3. The molecular formula is C27H23F4N3O2. The number of halogens is 4. The number of nitrogens with zero attached hydrogens (tertiary/aromatic N) is 2. The zero-order chi connectivity index (χ0) is 26.1. The van der Waals surface area contributed by atoms with Gasteiger partial charge in [-0.15, -0.1) is 0 Å². The predicted octanol–water partition coefficient (Wildman–Crippen LogP) is 5.17. The Kier molecular flexibility index (Phi) is 6.85. The fraction of sp³-hybridized carbons (Fsp3) is 0.259. The Morgan fingerprint density at radius 3 is 2.39 bits per heavy atom. The Bertz CT molecular complexity index is 1310. The summed E-state index contributed by atoms with van der Waals surface area (Å²) in [4.78, 5) is 14.5. The number of carbonyl (C=O) groups is 1. The number of β-amino-alcohol motifs (C(OH)–C–C–N with tert-alkyl or cyclic N) is 1. The van der Waals surface area contributed by atoms with Crippen molar-refractivity contribution in [2.24, 2.45) is 0 Å². The molecule has 186 valence electrons. The average molecular weight is 497 g/mol. The standard InChI is InChI=1S/C27H23F4N3O2/c1-26(36,25(35)33-23-10-9-20(13-32)24(12-23)27(29,30)31)16-34-14-21(15-34)18-7-5-17(6-8-18)19-3-2-4-22(28)11-19/h2-12,21,36H,14-16H2,1H3,(H,33,35). The first kappa shape index (κ1) is 25.4. The van der Waals surface area contributed by atoms with Gasteiger partial charge >= 0.3 is 6.18 Å².